The van der Waals surface area contributed by atoms with E-state index in [1.165, 1.54) is 0 Å². The molecule has 0 heterocycles. The normalized spacial score (nSPS) is 17.6. The molecule has 0 spiro atoms. The van der Waals surface area contributed by atoms with Crippen molar-refractivity contribution >= 4 is 43.7 Å². The lowest BCUT2D eigenvalue weighted by atomic mass is 10.3. The summed E-state index contributed by atoms with van der Waals surface area (Å²) < 4.78 is 30.2. The Balaban J connectivity index is 3.44. The molecule has 0 fully saturated rings. The van der Waals surface area contributed by atoms with Crippen LogP contribution in [0.25, 0.3) is 0 Å². The van der Waals surface area contributed by atoms with Crippen LogP contribution in [0.1, 0.15) is 12.8 Å². The van der Waals surface area contributed by atoms with Crippen molar-refractivity contribution in [2.45, 2.75) is 24.9 Å². The van der Waals surface area contributed by atoms with Gasteiger partial charge in [-0.2, -0.15) is 11.8 Å². The molecule has 0 aromatic rings. The van der Waals surface area contributed by atoms with Gasteiger partial charge in [0, 0.05) is 23.6 Å². The maximum atomic E-state index is 11.0. The predicted molar refractivity (Wildman–Crippen MR) is 86.7 cm³/mol. The summed E-state index contributed by atoms with van der Waals surface area (Å²) in [5.41, 5.74) is 11.5. The average molecular weight is 367 g/mol. The van der Waals surface area contributed by atoms with Crippen molar-refractivity contribution in [2.75, 3.05) is 23.0 Å². The summed E-state index contributed by atoms with van der Waals surface area (Å²) in [5, 5.41) is 0. The van der Waals surface area contributed by atoms with E-state index in [1.54, 1.807) is 21.6 Å². The molecule has 12 heteroatoms. The number of hydrogen-bond acceptors (Lipinski definition) is 10. The molecule has 0 bridgehead atoms. The van der Waals surface area contributed by atoms with E-state index >= 15 is 0 Å². The first-order valence-electron chi connectivity index (χ1n) is 5.76. The Morgan fingerprint density at radius 3 is 1.50 bits per heavy atom. The van der Waals surface area contributed by atoms with Gasteiger partial charge >= 0.3 is 0 Å². The van der Waals surface area contributed by atoms with Crippen LogP contribution in [0.15, 0.2) is 0 Å². The van der Waals surface area contributed by atoms with Gasteiger partial charge in [-0.05, 0) is 12.8 Å². The first-order chi connectivity index (χ1) is 9.49. The van der Waals surface area contributed by atoms with Crippen molar-refractivity contribution in [2.24, 2.45) is 23.3 Å². The second-order valence-electron chi connectivity index (χ2n) is 3.87. The molecule has 4 atom stereocenters. The fourth-order valence-electron chi connectivity index (χ4n) is 1.11. The summed E-state index contributed by atoms with van der Waals surface area (Å²) in [6.45, 7) is 0. The molecule has 0 aliphatic rings. The first-order valence-corrected chi connectivity index (χ1v) is 10.7. The van der Waals surface area contributed by atoms with E-state index in [1.807, 2.05) is 0 Å². The lowest BCUT2D eigenvalue weighted by molar-refractivity contribution is 0.364. The second kappa shape index (κ2) is 13.4. The Labute approximate surface area is 132 Å². The molecule has 0 saturated heterocycles. The van der Waals surface area contributed by atoms with Crippen molar-refractivity contribution in [3.63, 3.8) is 0 Å². The van der Waals surface area contributed by atoms with E-state index in [4.69, 9.17) is 23.3 Å². The van der Waals surface area contributed by atoms with E-state index in [0.29, 0.717) is 0 Å². The van der Waals surface area contributed by atoms with E-state index in [0.717, 1.165) is 24.3 Å². The number of nitrogens with two attached hydrogens (primary N) is 4. The van der Waals surface area contributed by atoms with Gasteiger partial charge in [0.25, 0.3) is 0 Å². The largest absolute Gasteiger partial charge is 0.327 e. The molecule has 0 aliphatic carbocycles. The van der Waals surface area contributed by atoms with Gasteiger partial charge in [0.15, 0.2) is 22.2 Å². The molecule has 0 aromatic carbocycles. The monoisotopic (exact) mass is 366 g/mol. The van der Waals surface area contributed by atoms with Gasteiger partial charge in [-0.1, -0.05) is 21.6 Å². The van der Waals surface area contributed by atoms with Gasteiger partial charge < -0.3 is 11.5 Å². The van der Waals surface area contributed by atoms with Gasteiger partial charge in [-0.3, -0.25) is 0 Å². The SMILES string of the molecule is NOS(=O)C[C@H](N)CCSSCC[C@@H](N)CS(=O)ON. The minimum absolute atomic E-state index is 0.195. The molecule has 0 radical (unpaired) electrons. The summed E-state index contributed by atoms with van der Waals surface area (Å²) in [5.74, 6) is 11.7. The highest BCUT2D eigenvalue weighted by Gasteiger charge is 2.09. The average Bonchev–Trinajstić information content (AvgIpc) is 2.42. The molecule has 8 nitrogen and oxygen atoms in total. The van der Waals surface area contributed by atoms with Gasteiger partial charge in [0.1, 0.15) is 0 Å². The van der Waals surface area contributed by atoms with Crippen LogP contribution in [0.4, 0.5) is 0 Å². The van der Waals surface area contributed by atoms with Gasteiger partial charge in [-0.25, -0.2) is 17.0 Å². The minimum Gasteiger partial charge on any atom is -0.327 e. The van der Waals surface area contributed by atoms with Crippen LogP contribution in [0.2, 0.25) is 0 Å². The maximum Gasteiger partial charge on any atom is 0.174 e. The van der Waals surface area contributed by atoms with Crippen molar-refractivity contribution in [1.82, 2.24) is 0 Å². The highest BCUT2D eigenvalue weighted by Crippen LogP contribution is 2.23. The van der Waals surface area contributed by atoms with E-state index < -0.39 is 22.2 Å². The van der Waals surface area contributed by atoms with Crippen LogP contribution < -0.4 is 23.3 Å². The maximum absolute atomic E-state index is 11.0. The number of rotatable bonds is 13. The fraction of sp³-hybridized carbons (Fsp3) is 1.00. The van der Waals surface area contributed by atoms with Crippen molar-refractivity contribution in [1.29, 1.82) is 0 Å². The van der Waals surface area contributed by atoms with E-state index in [2.05, 4.69) is 8.57 Å². The zero-order valence-corrected chi connectivity index (χ0v) is 14.2. The molecule has 2 unspecified atom stereocenters. The van der Waals surface area contributed by atoms with Crippen LogP contribution in [0.3, 0.4) is 0 Å². The molecule has 0 amide bonds. The second-order valence-corrected chi connectivity index (χ2v) is 8.84. The van der Waals surface area contributed by atoms with Gasteiger partial charge in [-0.15, -0.1) is 0 Å². The van der Waals surface area contributed by atoms with E-state index in [-0.39, 0.29) is 23.6 Å². The summed E-state index contributed by atoms with van der Waals surface area (Å²) >= 11 is -3.02. The molecule has 122 valence electrons. The third-order valence-electron chi connectivity index (χ3n) is 2.14. The molecule has 0 aliphatic heterocycles. The zero-order valence-electron chi connectivity index (χ0n) is 11.0. The third-order valence-corrected chi connectivity index (χ3v) is 6.44. The molecule has 8 N–H and O–H groups in total. The zero-order chi connectivity index (χ0) is 15.4. The summed E-state index contributed by atoms with van der Waals surface area (Å²) in [6.07, 6.45) is 1.45. The summed E-state index contributed by atoms with van der Waals surface area (Å²) in [6, 6.07) is -0.391. The molecular formula is C8H22N4O4S4. The summed E-state index contributed by atoms with van der Waals surface area (Å²) in [7, 11) is 3.32. The molecule has 0 aromatic heterocycles. The first kappa shape index (κ1) is 20.8. The topological polar surface area (TPSA) is 157 Å². The highest BCUT2D eigenvalue weighted by atomic mass is 33.1. The van der Waals surface area contributed by atoms with Gasteiger partial charge in [0.05, 0.1) is 11.5 Å². The van der Waals surface area contributed by atoms with Crippen molar-refractivity contribution in [3.8, 4) is 0 Å². The quantitative estimate of drug-likeness (QED) is 0.179. The Hall–Kier alpha value is 0.760. The lowest BCUT2D eigenvalue weighted by Gasteiger charge is -2.10. The third kappa shape index (κ3) is 12.5. The molecule has 0 rings (SSSR count). The van der Waals surface area contributed by atoms with E-state index in [9.17, 15) is 8.42 Å². The Bertz CT molecular complexity index is 272. The molecule has 20 heavy (non-hydrogen) atoms. The predicted octanol–water partition coefficient (Wildman–Crippen LogP) is -1.09. The highest BCUT2D eigenvalue weighted by molar-refractivity contribution is 8.76. The Morgan fingerprint density at radius 2 is 1.20 bits per heavy atom. The molecular weight excluding hydrogens is 344 g/mol. The lowest BCUT2D eigenvalue weighted by Crippen LogP contribution is -2.29. The molecule has 0 saturated carbocycles. The van der Waals surface area contributed by atoms with Crippen LogP contribution in [0, 0.1) is 0 Å². The van der Waals surface area contributed by atoms with Crippen LogP contribution >= 0.6 is 21.6 Å². The Morgan fingerprint density at radius 1 is 0.850 bits per heavy atom. The number of hydrogen-bond donors (Lipinski definition) is 4. The van der Waals surface area contributed by atoms with Crippen molar-refractivity contribution in [3.05, 3.63) is 0 Å². The van der Waals surface area contributed by atoms with Crippen LogP contribution in [-0.4, -0.2) is 43.5 Å². The van der Waals surface area contributed by atoms with Crippen LogP contribution in [-0.2, 0) is 30.7 Å². The summed E-state index contributed by atoms with van der Waals surface area (Å²) in [4.78, 5) is 0. The standard InChI is InChI=1S/C8H22N4O4S4/c9-7(5-19(13)15-11)1-3-17-18-4-2-8(10)6-20(14)16-12/h7-8H,1-6,9-12H2/t7-,8-,19?,20?/m1/s1. The van der Waals surface area contributed by atoms with Crippen molar-refractivity contribution < 1.29 is 17.0 Å². The minimum atomic E-state index is -1.51. The Kier molecular flexibility index (Phi) is 13.9. The van der Waals surface area contributed by atoms with Gasteiger partial charge in [0.2, 0.25) is 0 Å². The van der Waals surface area contributed by atoms with Crippen LogP contribution in [0.5, 0.6) is 0 Å². The fourth-order valence-corrected chi connectivity index (χ4v) is 4.62. The smallest absolute Gasteiger partial charge is 0.174 e.